The van der Waals surface area contributed by atoms with Crippen molar-refractivity contribution in [3.63, 3.8) is 0 Å². The number of nitrogens with zero attached hydrogens (tertiary/aromatic N) is 4. The molecule has 6 heteroatoms. The molecule has 0 aliphatic carbocycles. The van der Waals surface area contributed by atoms with Crippen LogP contribution >= 0.6 is 23.4 Å². The van der Waals surface area contributed by atoms with Crippen LogP contribution in [0.5, 0.6) is 0 Å². The van der Waals surface area contributed by atoms with Crippen LogP contribution in [0.15, 0.2) is 59.5 Å². The molecule has 0 aliphatic heterocycles. The van der Waals surface area contributed by atoms with Crippen LogP contribution in [-0.2, 0) is 0 Å². The molecule has 0 N–H and O–H groups in total. The second kappa shape index (κ2) is 5.64. The highest BCUT2D eigenvalue weighted by Gasteiger charge is 2.11. The fourth-order valence-electron chi connectivity index (χ4n) is 1.84. The molecule has 0 radical (unpaired) electrons. The van der Waals surface area contributed by atoms with E-state index in [0.29, 0.717) is 10.8 Å². The summed E-state index contributed by atoms with van der Waals surface area (Å²) in [5.41, 5.74) is 1.76. The van der Waals surface area contributed by atoms with Crippen molar-refractivity contribution in [2.75, 3.05) is 5.75 Å². The molecule has 0 amide bonds. The largest absolute Gasteiger partial charge is 0.229 e. The summed E-state index contributed by atoms with van der Waals surface area (Å²) >= 11 is 7.33. The Kier molecular flexibility index (Phi) is 3.71. The van der Waals surface area contributed by atoms with Crippen LogP contribution < -0.4 is 0 Å². The first-order chi connectivity index (χ1) is 9.75. The van der Waals surface area contributed by atoms with Gasteiger partial charge in [0.05, 0.1) is 17.3 Å². The monoisotopic (exact) mass is 302 g/mol. The van der Waals surface area contributed by atoms with Gasteiger partial charge in [-0.1, -0.05) is 48.1 Å². The van der Waals surface area contributed by atoms with E-state index in [1.807, 2.05) is 30.3 Å². The van der Waals surface area contributed by atoms with Gasteiger partial charge in [-0.25, -0.2) is 14.6 Å². The zero-order chi connectivity index (χ0) is 13.9. The van der Waals surface area contributed by atoms with Gasteiger partial charge < -0.3 is 0 Å². The fraction of sp³-hybridized carbons (Fsp3) is 0.0714. The van der Waals surface area contributed by atoms with Crippen molar-refractivity contribution in [2.24, 2.45) is 0 Å². The summed E-state index contributed by atoms with van der Waals surface area (Å²) in [5.74, 6) is 0.615. The minimum absolute atomic E-state index is 0.595. The highest BCUT2D eigenvalue weighted by Crippen LogP contribution is 2.27. The Morgan fingerprint density at radius 3 is 2.80 bits per heavy atom. The fourth-order valence-corrected chi connectivity index (χ4v) is 2.72. The van der Waals surface area contributed by atoms with E-state index < -0.39 is 0 Å². The number of benzene rings is 1. The molecule has 3 rings (SSSR count). The summed E-state index contributed by atoms with van der Waals surface area (Å²) in [5, 5.41) is 6.77. The Balaban J connectivity index is 2.06. The molecule has 2 heterocycles. The van der Waals surface area contributed by atoms with Crippen LogP contribution in [0.4, 0.5) is 0 Å². The Morgan fingerprint density at radius 1 is 1.25 bits per heavy atom. The number of hydrogen-bond donors (Lipinski definition) is 0. The Bertz CT molecular complexity index is 754. The third-order valence-corrected chi connectivity index (χ3v) is 4.08. The van der Waals surface area contributed by atoms with Crippen LogP contribution in [0.3, 0.4) is 0 Å². The zero-order valence-corrected chi connectivity index (χ0v) is 12.1. The van der Waals surface area contributed by atoms with Crippen molar-refractivity contribution in [1.29, 1.82) is 0 Å². The van der Waals surface area contributed by atoms with Crippen LogP contribution in [0.2, 0.25) is 0 Å². The highest BCUT2D eigenvalue weighted by molar-refractivity contribution is 7.99. The van der Waals surface area contributed by atoms with Gasteiger partial charge in [0.25, 0.3) is 0 Å². The quantitative estimate of drug-likeness (QED) is 0.545. The lowest BCUT2D eigenvalue weighted by Crippen LogP contribution is -1.97. The van der Waals surface area contributed by atoms with E-state index in [1.54, 1.807) is 17.2 Å². The number of halogens is 1. The molecule has 0 aliphatic rings. The van der Waals surface area contributed by atoms with Gasteiger partial charge in [-0.15, -0.1) is 0 Å². The third-order valence-electron chi connectivity index (χ3n) is 2.70. The maximum Gasteiger partial charge on any atom is 0.167 e. The molecule has 0 spiro atoms. The molecule has 0 atom stereocenters. The van der Waals surface area contributed by atoms with Gasteiger partial charge in [-0.2, -0.15) is 5.10 Å². The topological polar surface area (TPSA) is 43.6 Å². The second-order valence-corrected chi connectivity index (χ2v) is 5.61. The van der Waals surface area contributed by atoms with Gasteiger partial charge in [-0.3, -0.25) is 0 Å². The summed E-state index contributed by atoms with van der Waals surface area (Å²) < 4.78 is 1.80. The molecule has 0 saturated heterocycles. The molecular weight excluding hydrogens is 292 g/mol. The van der Waals surface area contributed by atoms with E-state index in [0.717, 1.165) is 21.7 Å². The average Bonchev–Trinajstić information content (AvgIpc) is 2.90. The summed E-state index contributed by atoms with van der Waals surface area (Å²) in [6.45, 7) is 3.68. The van der Waals surface area contributed by atoms with Gasteiger partial charge in [0.15, 0.2) is 5.65 Å². The Morgan fingerprint density at radius 2 is 2.05 bits per heavy atom. The maximum absolute atomic E-state index is 5.80. The first kappa shape index (κ1) is 13.1. The molecule has 2 aromatic heterocycles. The van der Waals surface area contributed by atoms with Crippen LogP contribution in [0.25, 0.3) is 16.7 Å². The van der Waals surface area contributed by atoms with Crippen molar-refractivity contribution in [2.45, 2.75) is 5.03 Å². The molecule has 4 nitrogen and oxygen atoms in total. The molecule has 20 heavy (non-hydrogen) atoms. The Hall–Kier alpha value is -1.85. The molecule has 1 aromatic carbocycles. The van der Waals surface area contributed by atoms with E-state index in [1.165, 1.54) is 11.8 Å². The lowest BCUT2D eigenvalue weighted by Gasteiger charge is -2.03. The van der Waals surface area contributed by atoms with Crippen LogP contribution in [0, 0.1) is 0 Å². The SMILES string of the molecule is C=C(Cl)CSc1ncnc2c1cnn2-c1ccccc1. The first-order valence-corrected chi connectivity index (χ1v) is 7.32. The number of thioether (sulfide) groups is 1. The lowest BCUT2D eigenvalue weighted by molar-refractivity contribution is 0.893. The summed E-state index contributed by atoms with van der Waals surface area (Å²) in [4.78, 5) is 8.61. The molecule has 0 unspecified atom stereocenters. The molecule has 3 aromatic rings. The predicted molar refractivity (Wildman–Crippen MR) is 82.4 cm³/mol. The highest BCUT2D eigenvalue weighted by atomic mass is 35.5. The van der Waals surface area contributed by atoms with E-state index in [2.05, 4.69) is 21.6 Å². The van der Waals surface area contributed by atoms with Crippen LogP contribution in [-0.4, -0.2) is 25.5 Å². The maximum atomic E-state index is 5.80. The van der Waals surface area contributed by atoms with E-state index >= 15 is 0 Å². The van der Waals surface area contributed by atoms with Gasteiger partial charge in [-0.05, 0) is 12.1 Å². The minimum atomic E-state index is 0.595. The predicted octanol–water partition coefficient (Wildman–Crippen LogP) is 3.66. The van der Waals surface area contributed by atoms with Crippen molar-refractivity contribution in [3.8, 4) is 5.69 Å². The number of fused-ring (bicyclic) bond motifs is 1. The lowest BCUT2D eigenvalue weighted by atomic mass is 10.3. The van der Waals surface area contributed by atoms with Gasteiger partial charge in [0.2, 0.25) is 0 Å². The van der Waals surface area contributed by atoms with E-state index in [9.17, 15) is 0 Å². The summed E-state index contributed by atoms with van der Waals surface area (Å²) in [7, 11) is 0. The van der Waals surface area contributed by atoms with Gasteiger partial charge in [0.1, 0.15) is 11.4 Å². The van der Waals surface area contributed by atoms with Gasteiger partial charge in [0, 0.05) is 10.8 Å². The van der Waals surface area contributed by atoms with Gasteiger partial charge >= 0.3 is 0 Å². The molecular formula is C14H11ClN4S. The normalized spacial score (nSPS) is 10.8. The minimum Gasteiger partial charge on any atom is -0.229 e. The number of aromatic nitrogens is 4. The molecule has 0 bridgehead atoms. The standard InChI is InChI=1S/C14H11ClN4S/c1-10(15)8-20-14-12-7-18-19(13(12)16-9-17-14)11-5-3-2-4-6-11/h2-7,9H,1,8H2. The molecule has 0 fully saturated rings. The van der Waals surface area contributed by atoms with Crippen molar-refractivity contribution in [1.82, 2.24) is 19.7 Å². The van der Waals surface area contributed by atoms with Crippen molar-refractivity contribution < 1.29 is 0 Å². The third kappa shape index (κ3) is 2.55. The van der Waals surface area contributed by atoms with Crippen LogP contribution in [0.1, 0.15) is 0 Å². The first-order valence-electron chi connectivity index (χ1n) is 5.96. The number of para-hydroxylation sites is 1. The zero-order valence-electron chi connectivity index (χ0n) is 10.5. The molecule has 0 saturated carbocycles. The summed E-state index contributed by atoms with van der Waals surface area (Å²) in [6, 6.07) is 9.88. The molecule has 100 valence electrons. The Labute approximate surface area is 125 Å². The number of hydrogen-bond acceptors (Lipinski definition) is 4. The van der Waals surface area contributed by atoms with E-state index in [4.69, 9.17) is 11.6 Å². The van der Waals surface area contributed by atoms with E-state index in [-0.39, 0.29) is 0 Å². The number of rotatable bonds is 4. The van der Waals surface area contributed by atoms with Crippen molar-refractivity contribution >= 4 is 34.4 Å². The summed E-state index contributed by atoms with van der Waals surface area (Å²) in [6.07, 6.45) is 3.32. The second-order valence-electron chi connectivity index (χ2n) is 4.11. The smallest absolute Gasteiger partial charge is 0.167 e. The van der Waals surface area contributed by atoms with Crippen molar-refractivity contribution in [3.05, 3.63) is 54.5 Å². The average molecular weight is 303 g/mol.